The lowest BCUT2D eigenvalue weighted by Crippen LogP contribution is -2.19. The van der Waals surface area contributed by atoms with E-state index in [0.29, 0.717) is 16.8 Å². The molecule has 0 bridgehead atoms. The Balaban J connectivity index is 2.27. The number of aromatic nitrogens is 1. The smallest absolute Gasteiger partial charge is 0.312 e. The molecular formula is C14H14BrN3O2. The van der Waals surface area contributed by atoms with E-state index < -0.39 is 4.92 Å². The average Bonchev–Trinajstić information content (AvgIpc) is 2.41. The third kappa shape index (κ3) is 3.33. The van der Waals surface area contributed by atoms with Gasteiger partial charge in [0.15, 0.2) is 0 Å². The molecule has 2 rings (SSSR count). The summed E-state index contributed by atoms with van der Waals surface area (Å²) in [6, 6.07) is 9.53. The number of nitrogens with zero attached hydrogens (tertiary/aromatic N) is 3. The van der Waals surface area contributed by atoms with Gasteiger partial charge in [-0.05, 0) is 28.4 Å². The Morgan fingerprint density at radius 2 is 2.00 bits per heavy atom. The van der Waals surface area contributed by atoms with Crippen LogP contribution in [0.25, 0.3) is 0 Å². The number of rotatable bonds is 4. The third-order valence-corrected chi connectivity index (χ3v) is 3.35. The second kappa shape index (κ2) is 6.00. The second-order valence-electron chi connectivity index (χ2n) is 4.60. The summed E-state index contributed by atoms with van der Waals surface area (Å²) in [6.07, 6.45) is 1.56. The van der Waals surface area contributed by atoms with Gasteiger partial charge in [-0.3, -0.25) is 10.1 Å². The summed E-state index contributed by atoms with van der Waals surface area (Å²) >= 11 is 3.20. The van der Waals surface area contributed by atoms with Crippen molar-refractivity contribution >= 4 is 27.4 Å². The summed E-state index contributed by atoms with van der Waals surface area (Å²) in [6.45, 7) is 2.59. The van der Waals surface area contributed by atoms with Gasteiger partial charge in [-0.2, -0.15) is 0 Å². The molecule has 0 aliphatic rings. The van der Waals surface area contributed by atoms with Crippen molar-refractivity contribution in [1.82, 2.24) is 4.98 Å². The third-order valence-electron chi connectivity index (χ3n) is 2.91. The Bertz CT molecular complexity index is 629. The highest BCUT2D eigenvalue weighted by molar-refractivity contribution is 9.10. The first-order valence-corrected chi connectivity index (χ1v) is 6.83. The lowest BCUT2D eigenvalue weighted by Gasteiger charge is -2.18. The summed E-state index contributed by atoms with van der Waals surface area (Å²) in [5, 5.41) is 11.1. The lowest BCUT2D eigenvalue weighted by molar-refractivity contribution is -0.384. The molecule has 104 valence electrons. The molecule has 20 heavy (non-hydrogen) atoms. The SMILES string of the molecule is Cc1ccc(CN(C)c2ncc(Br)cc2[N+](=O)[O-])cc1. The zero-order valence-corrected chi connectivity index (χ0v) is 12.8. The van der Waals surface area contributed by atoms with Crippen LogP contribution in [0.1, 0.15) is 11.1 Å². The molecule has 2 aromatic rings. The maximum Gasteiger partial charge on any atom is 0.312 e. The Morgan fingerprint density at radius 3 is 2.60 bits per heavy atom. The van der Waals surface area contributed by atoms with Gasteiger partial charge in [0.2, 0.25) is 5.82 Å². The van der Waals surface area contributed by atoms with Gasteiger partial charge in [0.1, 0.15) is 0 Å². The summed E-state index contributed by atoms with van der Waals surface area (Å²) in [5.41, 5.74) is 2.26. The molecule has 0 aliphatic carbocycles. The maximum absolute atomic E-state index is 11.1. The summed E-state index contributed by atoms with van der Waals surface area (Å²) in [5.74, 6) is 0.360. The van der Waals surface area contributed by atoms with E-state index in [0.717, 1.165) is 5.56 Å². The molecule has 0 saturated heterocycles. The van der Waals surface area contributed by atoms with Crippen molar-refractivity contribution in [2.24, 2.45) is 0 Å². The van der Waals surface area contributed by atoms with Gasteiger partial charge >= 0.3 is 5.69 Å². The molecule has 6 heteroatoms. The van der Waals surface area contributed by atoms with Gasteiger partial charge in [0, 0.05) is 30.3 Å². The highest BCUT2D eigenvalue weighted by Crippen LogP contribution is 2.28. The summed E-state index contributed by atoms with van der Waals surface area (Å²) < 4.78 is 0.594. The average molecular weight is 336 g/mol. The van der Waals surface area contributed by atoms with Gasteiger partial charge in [0.25, 0.3) is 0 Å². The zero-order valence-electron chi connectivity index (χ0n) is 11.2. The predicted molar refractivity (Wildman–Crippen MR) is 81.9 cm³/mol. The first kappa shape index (κ1) is 14.5. The van der Waals surface area contributed by atoms with E-state index in [4.69, 9.17) is 0 Å². The highest BCUT2D eigenvalue weighted by atomic mass is 79.9. The Morgan fingerprint density at radius 1 is 1.35 bits per heavy atom. The van der Waals surface area contributed by atoms with Gasteiger partial charge in [-0.15, -0.1) is 0 Å². The van der Waals surface area contributed by atoms with E-state index in [1.807, 2.05) is 31.2 Å². The maximum atomic E-state index is 11.1. The van der Waals surface area contributed by atoms with E-state index in [9.17, 15) is 10.1 Å². The van der Waals surface area contributed by atoms with Crippen LogP contribution in [0.5, 0.6) is 0 Å². The van der Waals surface area contributed by atoms with E-state index >= 15 is 0 Å². The topological polar surface area (TPSA) is 59.3 Å². The predicted octanol–water partition coefficient (Wildman–Crippen LogP) is 3.70. The van der Waals surface area contributed by atoms with Crippen molar-refractivity contribution in [1.29, 1.82) is 0 Å². The first-order valence-electron chi connectivity index (χ1n) is 6.04. The molecule has 0 spiro atoms. The standard InChI is InChI=1S/C14H14BrN3O2/c1-10-3-5-11(6-4-10)9-17(2)14-13(18(19)20)7-12(15)8-16-14/h3-8H,9H2,1-2H3. The minimum atomic E-state index is -0.418. The molecule has 0 unspecified atom stereocenters. The van der Waals surface area contributed by atoms with Crippen LogP contribution in [0.4, 0.5) is 11.5 Å². The summed E-state index contributed by atoms with van der Waals surface area (Å²) in [4.78, 5) is 16.6. The van der Waals surface area contributed by atoms with Crippen molar-refractivity contribution in [2.75, 3.05) is 11.9 Å². The second-order valence-corrected chi connectivity index (χ2v) is 5.51. The minimum absolute atomic E-state index is 0.00557. The number of nitro groups is 1. The van der Waals surface area contributed by atoms with Crippen molar-refractivity contribution < 1.29 is 4.92 Å². The molecule has 1 aromatic carbocycles. The van der Waals surface area contributed by atoms with Gasteiger partial charge in [0.05, 0.1) is 4.92 Å². The van der Waals surface area contributed by atoms with E-state index in [-0.39, 0.29) is 5.69 Å². The van der Waals surface area contributed by atoms with Gasteiger partial charge in [-0.25, -0.2) is 4.98 Å². The fraction of sp³-hybridized carbons (Fsp3) is 0.214. The molecule has 0 radical (unpaired) electrons. The Hall–Kier alpha value is -1.95. The number of pyridine rings is 1. The largest absolute Gasteiger partial charge is 0.350 e. The Labute approximate surface area is 125 Å². The normalized spacial score (nSPS) is 10.3. The van der Waals surface area contributed by atoms with Crippen LogP contribution in [0.3, 0.4) is 0 Å². The zero-order chi connectivity index (χ0) is 14.7. The van der Waals surface area contributed by atoms with Crippen molar-refractivity contribution in [3.05, 3.63) is 62.2 Å². The van der Waals surface area contributed by atoms with Crippen molar-refractivity contribution in [3.8, 4) is 0 Å². The number of hydrogen-bond donors (Lipinski definition) is 0. The number of halogens is 1. The number of hydrogen-bond acceptors (Lipinski definition) is 4. The van der Waals surface area contributed by atoms with E-state index in [1.54, 1.807) is 18.1 Å². The van der Waals surface area contributed by atoms with Crippen LogP contribution < -0.4 is 4.90 Å². The van der Waals surface area contributed by atoms with Crippen LogP contribution in [0, 0.1) is 17.0 Å². The summed E-state index contributed by atoms with van der Waals surface area (Å²) in [7, 11) is 1.79. The van der Waals surface area contributed by atoms with Crippen LogP contribution >= 0.6 is 15.9 Å². The van der Waals surface area contributed by atoms with Crippen LogP contribution in [0.15, 0.2) is 41.0 Å². The number of aryl methyl sites for hydroxylation is 1. The minimum Gasteiger partial charge on any atom is -0.350 e. The molecule has 0 atom stereocenters. The monoisotopic (exact) mass is 335 g/mol. The van der Waals surface area contributed by atoms with Crippen molar-refractivity contribution in [2.45, 2.75) is 13.5 Å². The molecule has 5 nitrogen and oxygen atoms in total. The van der Waals surface area contributed by atoms with E-state index in [1.165, 1.54) is 11.6 Å². The highest BCUT2D eigenvalue weighted by Gasteiger charge is 2.19. The van der Waals surface area contributed by atoms with Crippen LogP contribution in [0.2, 0.25) is 0 Å². The molecule has 0 saturated carbocycles. The number of anilines is 1. The first-order chi connectivity index (χ1) is 9.47. The fourth-order valence-corrected chi connectivity index (χ4v) is 2.21. The number of benzene rings is 1. The fourth-order valence-electron chi connectivity index (χ4n) is 1.89. The van der Waals surface area contributed by atoms with Crippen LogP contribution in [-0.2, 0) is 6.54 Å². The molecular weight excluding hydrogens is 322 g/mol. The van der Waals surface area contributed by atoms with Gasteiger partial charge < -0.3 is 4.90 Å². The van der Waals surface area contributed by atoms with Crippen molar-refractivity contribution in [3.63, 3.8) is 0 Å². The molecule has 0 fully saturated rings. The molecule has 0 aliphatic heterocycles. The Kier molecular flexibility index (Phi) is 4.34. The van der Waals surface area contributed by atoms with E-state index in [2.05, 4.69) is 20.9 Å². The van der Waals surface area contributed by atoms with Crippen LogP contribution in [-0.4, -0.2) is 17.0 Å². The molecule has 0 amide bonds. The molecule has 1 aromatic heterocycles. The molecule has 1 heterocycles. The quantitative estimate of drug-likeness (QED) is 0.631. The molecule has 0 N–H and O–H groups in total. The lowest BCUT2D eigenvalue weighted by atomic mass is 10.1. The van der Waals surface area contributed by atoms with Gasteiger partial charge in [-0.1, -0.05) is 29.8 Å².